The van der Waals surface area contributed by atoms with E-state index in [1.165, 1.54) is 5.57 Å². The minimum Gasteiger partial charge on any atom is -0.384 e. The zero-order valence-corrected chi connectivity index (χ0v) is 11.7. The molecule has 0 rings (SSSR count). The summed E-state index contributed by atoms with van der Waals surface area (Å²) in [6, 6.07) is 0. The Bertz CT molecular complexity index is 367. The molecular formula is C17H24O. The van der Waals surface area contributed by atoms with Gasteiger partial charge in [0, 0.05) is 13.0 Å². The van der Waals surface area contributed by atoms with E-state index in [9.17, 15) is 0 Å². The van der Waals surface area contributed by atoms with Crippen LogP contribution in [0.1, 0.15) is 13.8 Å². The van der Waals surface area contributed by atoms with Crippen molar-refractivity contribution in [1.82, 2.24) is 0 Å². The number of rotatable bonds is 8. The highest BCUT2D eigenvalue weighted by Crippen LogP contribution is 2.23. The van der Waals surface area contributed by atoms with Gasteiger partial charge < -0.3 is 4.74 Å². The molecule has 0 aliphatic rings. The lowest BCUT2D eigenvalue weighted by Crippen LogP contribution is -2.12. The lowest BCUT2D eigenvalue weighted by molar-refractivity contribution is 0.179. The van der Waals surface area contributed by atoms with Crippen LogP contribution in [0.25, 0.3) is 0 Å². The average molecular weight is 244 g/mol. The van der Waals surface area contributed by atoms with Crippen molar-refractivity contribution in [3.8, 4) is 0 Å². The van der Waals surface area contributed by atoms with Gasteiger partial charge in [-0.25, -0.2) is 0 Å². The lowest BCUT2D eigenvalue weighted by atomic mass is 9.90. The fourth-order valence-electron chi connectivity index (χ4n) is 1.76. The number of methoxy groups -OCH3 is 1. The van der Waals surface area contributed by atoms with Crippen LogP contribution in [0, 0.1) is 5.92 Å². The molecule has 0 spiro atoms. The molecule has 0 bridgehead atoms. The van der Waals surface area contributed by atoms with E-state index in [1.807, 2.05) is 38.2 Å². The van der Waals surface area contributed by atoms with E-state index in [4.69, 9.17) is 4.74 Å². The quantitative estimate of drug-likeness (QED) is 0.566. The molecule has 0 aromatic rings. The van der Waals surface area contributed by atoms with Gasteiger partial charge in [-0.15, -0.1) is 0 Å². The summed E-state index contributed by atoms with van der Waals surface area (Å²) in [6.07, 6.45) is 15.8. The maximum Gasteiger partial charge on any atom is 0.0571 e. The molecule has 0 aromatic heterocycles. The first-order valence-electron chi connectivity index (χ1n) is 6.14. The Hall–Kier alpha value is -1.60. The van der Waals surface area contributed by atoms with E-state index >= 15 is 0 Å². The van der Waals surface area contributed by atoms with Gasteiger partial charge in [-0.3, -0.25) is 0 Å². The van der Waals surface area contributed by atoms with E-state index in [1.54, 1.807) is 19.3 Å². The maximum atomic E-state index is 5.33. The van der Waals surface area contributed by atoms with Crippen molar-refractivity contribution >= 4 is 0 Å². The number of hydrogen-bond acceptors (Lipinski definition) is 1. The molecule has 0 aromatic carbocycles. The molecular weight excluding hydrogens is 220 g/mol. The Morgan fingerprint density at radius 3 is 2.28 bits per heavy atom. The number of allylic oxidation sites excluding steroid dienone is 8. The van der Waals surface area contributed by atoms with Crippen molar-refractivity contribution < 1.29 is 4.74 Å². The summed E-state index contributed by atoms with van der Waals surface area (Å²) in [7, 11) is 1.72. The SMILES string of the molecule is C=C/C=C\C(=C/C=C)C(COC)C(/C=C\C)=C/C. The van der Waals surface area contributed by atoms with E-state index in [-0.39, 0.29) is 5.92 Å². The Kier molecular flexibility index (Phi) is 9.61. The monoisotopic (exact) mass is 244 g/mol. The molecule has 1 atom stereocenters. The van der Waals surface area contributed by atoms with E-state index in [0.29, 0.717) is 6.61 Å². The minimum absolute atomic E-state index is 0.213. The van der Waals surface area contributed by atoms with Gasteiger partial charge in [0.2, 0.25) is 0 Å². The highest BCUT2D eigenvalue weighted by atomic mass is 16.5. The van der Waals surface area contributed by atoms with Crippen molar-refractivity contribution in [2.75, 3.05) is 13.7 Å². The molecule has 1 unspecified atom stereocenters. The summed E-state index contributed by atoms with van der Waals surface area (Å²) in [4.78, 5) is 0. The fourth-order valence-corrected chi connectivity index (χ4v) is 1.76. The molecule has 98 valence electrons. The fraction of sp³-hybridized carbons (Fsp3) is 0.294. The molecule has 0 heterocycles. The topological polar surface area (TPSA) is 9.23 Å². The predicted octanol–water partition coefficient (Wildman–Crippen LogP) is 4.63. The van der Waals surface area contributed by atoms with Crippen molar-refractivity contribution in [3.63, 3.8) is 0 Å². The standard InChI is InChI=1S/C17H24O/c1-6-10-13-16(12-8-3)17(14-18-5)15(9-4)11-7-2/h6-13,17H,1,3,14H2,2,4-5H3/b11-7-,13-10-,15-9+,16-12+. The third-order valence-corrected chi connectivity index (χ3v) is 2.57. The molecule has 0 aliphatic heterocycles. The molecule has 0 aliphatic carbocycles. The van der Waals surface area contributed by atoms with Gasteiger partial charge in [0.05, 0.1) is 6.61 Å². The second-order valence-electron chi connectivity index (χ2n) is 3.79. The second-order valence-corrected chi connectivity index (χ2v) is 3.79. The first-order valence-corrected chi connectivity index (χ1v) is 6.14. The van der Waals surface area contributed by atoms with Gasteiger partial charge in [-0.2, -0.15) is 0 Å². The zero-order valence-electron chi connectivity index (χ0n) is 11.7. The highest BCUT2D eigenvalue weighted by molar-refractivity contribution is 5.37. The summed E-state index contributed by atoms with van der Waals surface area (Å²) in [5, 5.41) is 0. The van der Waals surface area contributed by atoms with Gasteiger partial charge in [0.15, 0.2) is 0 Å². The molecule has 0 amide bonds. The molecule has 0 N–H and O–H groups in total. The van der Waals surface area contributed by atoms with Gasteiger partial charge in [0.25, 0.3) is 0 Å². The van der Waals surface area contributed by atoms with Crippen LogP contribution in [0.2, 0.25) is 0 Å². The lowest BCUT2D eigenvalue weighted by Gasteiger charge is -2.19. The van der Waals surface area contributed by atoms with E-state index < -0.39 is 0 Å². The van der Waals surface area contributed by atoms with Gasteiger partial charge in [-0.1, -0.05) is 61.8 Å². The molecule has 0 fully saturated rings. The molecule has 0 radical (unpaired) electrons. The Balaban J connectivity index is 5.38. The van der Waals surface area contributed by atoms with Crippen molar-refractivity contribution in [1.29, 1.82) is 0 Å². The molecule has 0 saturated carbocycles. The third kappa shape index (κ3) is 5.65. The average Bonchev–Trinajstić information content (AvgIpc) is 2.39. The summed E-state index contributed by atoms with van der Waals surface area (Å²) >= 11 is 0. The van der Waals surface area contributed by atoms with Crippen molar-refractivity contribution in [2.24, 2.45) is 5.92 Å². The second kappa shape index (κ2) is 10.5. The normalized spacial score (nSPS) is 15.3. The minimum atomic E-state index is 0.213. The first kappa shape index (κ1) is 16.4. The van der Waals surface area contributed by atoms with Gasteiger partial charge in [0.1, 0.15) is 0 Å². The third-order valence-electron chi connectivity index (χ3n) is 2.57. The Morgan fingerprint density at radius 1 is 1.11 bits per heavy atom. The van der Waals surface area contributed by atoms with Crippen LogP contribution >= 0.6 is 0 Å². The Labute approximate surface area is 112 Å². The molecule has 18 heavy (non-hydrogen) atoms. The first-order chi connectivity index (χ1) is 8.74. The number of ether oxygens (including phenoxy) is 1. The van der Waals surface area contributed by atoms with Crippen LogP contribution < -0.4 is 0 Å². The van der Waals surface area contributed by atoms with Crippen LogP contribution in [0.15, 0.2) is 72.9 Å². The maximum absolute atomic E-state index is 5.33. The summed E-state index contributed by atoms with van der Waals surface area (Å²) in [6.45, 7) is 12.2. The summed E-state index contributed by atoms with van der Waals surface area (Å²) in [5.74, 6) is 0.213. The summed E-state index contributed by atoms with van der Waals surface area (Å²) < 4.78 is 5.33. The van der Waals surface area contributed by atoms with Crippen LogP contribution in [-0.4, -0.2) is 13.7 Å². The smallest absolute Gasteiger partial charge is 0.0571 e. The zero-order chi connectivity index (χ0) is 13.8. The van der Waals surface area contributed by atoms with Crippen LogP contribution in [0.3, 0.4) is 0 Å². The molecule has 1 nitrogen and oxygen atoms in total. The van der Waals surface area contributed by atoms with Crippen LogP contribution in [0.4, 0.5) is 0 Å². The largest absolute Gasteiger partial charge is 0.384 e. The van der Waals surface area contributed by atoms with Crippen LogP contribution in [-0.2, 0) is 4.74 Å². The predicted molar refractivity (Wildman–Crippen MR) is 81.6 cm³/mol. The highest BCUT2D eigenvalue weighted by Gasteiger charge is 2.14. The van der Waals surface area contributed by atoms with Gasteiger partial charge in [-0.05, 0) is 25.0 Å². The Morgan fingerprint density at radius 2 is 1.83 bits per heavy atom. The van der Waals surface area contributed by atoms with E-state index in [2.05, 4.69) is 25.3 Å². The van der Waals surface area contributed by atoms with Gasteiger partial charge >= 0.3 is 0 Å². The van der Waals surface area contributed by atoms with E-state index in [0.717, 1.165) is 5.57 Å². The van der Waals surface area contributed by atoms with Crippen LogP contribution in [0.5, 0.6) is 0 Å². The molecule has 1 heteroatoms. The molecule has 0 saturated heterocycles. The van der Waals surface area contributed by atoms with Crippen molar-refractivity contribution in [3.05, 3.63) is 72.9 Å². The number of hydrogen-bond donors (Lipinski definition) is 0. The van der Waals surface area contributed by atoms with Crippen molar-refractivity contribution in [2.45, 2.75) is 13.8 Å². The summed E-state index contributed by atoms with van der Waals surface area (Å²) in [5.41, 5.74) is 2.40.